The van der Waals surface area contributed by atoms with Crippen LogP contribution in [0.15, 0.2) is 18.2 Å². The van der Waals surface area contributed by atoms with E-state index in [0.29, 0.717) is 0 Å². The summed E-state index contributed by atoms with van der Waals surface area (Å²) < 4.78 is 0. The van der Waals surface area contributed by atoms with Gasteiger partial charge in [0.25, 0.3) is 5.91 Å². The van der Waals surface area contributed by atoms with Crippen molar-refractivity contribution in [1.82, 2.24) is 10.2 Å². The highest BCUT2D eigenvalue weighted by molar-refractivity contribution is 6.33. The molecule has 1 aromatic carbocycles. The minimum absolute atomic E-state index is 0.0980. The van der Waals surface area contributed by atoms with E-state index < -0.39 is 22.4 Å². The molecule has 7 nitrogen and oxygen atoms in total. The van der Waals surface area contributed by atoms with Crippen molar-refractivity contribution in [2.75, 3.05) is 20.6 Å². The largest absolute Gasteiger partial charge is 0.359 e. The molecule has 1 aromatic rings. The molecule has 0 aliphatic carbocycles. The first kappa shape index (κ1) is 16.9. The highest BCUT2D eigenvalue weighted by atomic mass is 35.5. The van der Waals surface area contributed by atoms with E-state index in [2.05, 4.69) is 5.32 Å². The molecule has 0 aromatic heterocycles. The van der Waals surface area contributed by atoms with E-state index in [4.69, 9.17) is 11.6 Å². The van der Waals surface area contributed by atoms with Gasteiger partial charge in [-0.15, -0.1) is 0 Å². The molecule has 0 aliphatic heterocycles. The van der Waals surface area contributed by atoms with Crippen LogP contribution in [0.5, 0.6) is 0 Å². The first-order valence-electron chi connectivity index (χ1n) is 6.19. The third-order valence-electron chi connectivity index (χ3n) is 2.99. The quantitative estimate of drug-likeness (QED) is 0.661. The molecule has 8 heteroatoms. The van der Waals surface area contributed by atoms with Crippen molar-refractivity contribution in [3.63, 3.8) is 0 Å². The van der Waals surface area contributed by atoms with Crippen molar-refractivity contribution in [3.05, 3.63) is 38.9 Å². The smallest absolute Gasteiger partial charge is 0.300 e. The standard InChI is InChI=1S/C13H16ClN3O4/c1-8(12(18)15-2)7-16(3)13(19)9-5-4-6-10(14)11(9)17(20)21/h4-6,8H,7H2,1-3H3,(H,15,18). The maximum Gasteiger partial charge on any atom is 0.300 e. The number of amides is 2. The summed E-state index contributed by atoms with van der Waals surface area (Å²) in [5.41, 5.74) is -0.525. The molecule has 1 unspecified atom stereocenters. The number of hydrogen-bond acceptors (Lipinski definition) is 4. The molecule has 1 N–H and O–H groups in total. The summed E-state index contributed by atoms with van der Waals surface area (Å²) in [5, 5.41) is 13.4. The second-order valence-electron chi connectivity index (χ2n) is 4.59. The second-order valence-corrected chi connectivity index (χ2v) is 5.00. The van der Waals surface area contributed by atoms with E-state index in [-0.39, 0.29) is 23.0 Å². The van der Waals surface area contributed by atoms with E-state index in [1.807, 2.05) is 0 Å². The van der Waals surface area contributed by atoms with E-state index in [1.54, 1.807) is 6.92 Å². The predicted molar refractivity (Wildman–Crippen MR) is 78.3 cm³/mol. The Bertz CT molecular complexity index is 577. The summed E-state index contributed by atoms with van der Waals surface area (Å²) in [6.45, 7) is 1.80. The Morgan fingerprint density at radius 2 is 2.10 bits per heavy atom. The highest BCUT2D eigenvalue weighted by Gasteiger charge is 2.27. The van der Waals surface area contributed by atoms with Crippen molar-refractivity contribution in [2.45, 2.75) is 6.92 Å². The summed E-state index contributed by atoms with van der Waals surface area (Å²) in [5.74, 6) is -1.20. The lowest BCUT2D eigenvalue weighted by molar-refractivity contribution is -0.385. The van der Waals surface area contributed by atoms with Crippen molar-refractivity contribution >= 4 is 29.1 Å². The molecule has 0 aliphatic rings. The minimum atomic E-state index is -0.689. The molecule has 1 rings (SSSR count). The summed E-state index contributed by atoms with van der Waals surface area (Å²) in [6.07, 6.45) is 0. The molecule has 114 valence electrons. The number of hydrogen-bond donors (Lipinski definition) is 1. The lowest BCUT2D eigenvalue weighted by atomic mass is 10.1. The van der Waals surface area contributed by atoms with Gasteiger partial charge >= 0.3 is 5.69 Å². The number of carbonyl (C=O) groups is 2. The summed E-state index contributed by atoms with van der Waals surface area (Å²) in [6, 6.07) is 4.16. The SMILES string of the molecule is CNC(=O)C(C)CN(C)C(=O)c1cccc(Cl)c1[N+](=O)[O-]. The van der Waals surface area contributed by atoms with Crippen LogP contribution in [-0.4, -0.2) is 42.3 Å². The maximum atomic E-state index is 12.3. The van der Waals surface area contributed by atoms with Gasteiger partial charge in [0.15, 0.2) is 0 Å². The van der Waals surface area contributed by atoms with Gasteiger partial charge < -0.3 is 10.2 Å². The van der Waals surface area contributed by atoms with Crippen LogP contribution in [0.1, 0.15) is 17.3 Å². The van der Waals surface area contributed by atoms with Crippen LogP contribution in [0.4, 0.5) is 5.69 Å². The fraction of sp³-hybridized carbons (Fsp3) is 0.385. The molecule has 1 atom stereocenters. The van der Waals surface area contributed by atoms with Gasteiger partial charge in [0, 0.05) is 20.6 Å². The monoisotopic (exact) mass is 313 g/mol. The topological polar surface area (TPSA) is 92.6 Å². The average molecular weight is 314 g/mol. The molecule has 0 saturated heterocycles. The molecule has 0 radical (unpaired) electrons. The fourth-order valence-corrected chi connectivity index (χ4v) is 2.15. The molecule has 0 bridgehead atoms. The summed E-state index contributed by atoms with van der Waals surface area (Å²) in [7, 11) is 2.98. The zero-order valence-corrected chi connectivity index (χ0v) is 12.7. The van der Waals surface area contributed by atoms with Crippen LogP contribution in [0.25, 0.3) is 0 Å². The van der Waals surface area contributed by atoms with Crippen molar-refractivity contribution in [2.24, 2.45) is 5.92 Å². The van der Waals surface area contributed by atoms with Crippen molar-refractivity contribution in [1.29, 1.82) is 0 Å². The zero-order chi connectivity index (χ0) is 16.2. The van der Waals surface area contributed by atoms with Gasteiger partial charge in [-0.25, -0.2) is 0 Å². The van der Waals surface area contributed by atoms with Gasteiger partial charge in [0.05, 0.1) is 10.8 Å². The third-order valence-corrected chi connectivity index (χ3v) is 3.29. The predicted octanol–water partition coefficient (Wildman–Crippen LogP) is 1.70. The van der Waals surface area contributed by atoms with Crippen molar-refractivity contribution in [3.8, 4) is 0 Å². The van der Waals surface area contributed by atoms with E-state index in [9.17, 15) is 19.7 Å². The lowest BCUT2D eigenvalue weighted by Gasteiger charge is -2.20. The average Bonchev–Trinajstić information content (AvgIpc) is 2.44. The van der Waals surface area contributed by atoms with E-state index in [0.717, 1.165) is 0 Å². The highest BCUT2D eigenvalue weighted by Crippen LogP contribution is 2.29. The number of nitro groups is 1. The maximum absolute atomic E-state index is 12.3. The molecular formula is C13H16ClN3O4. The van der Waals surface area contributed by atoms with E-state index >= 15 is 0 Å². The number of para-hydroxylation sites is 1. The normalized spacial score (nSPS) is 11.6. The van der Waals surface area contributed by atoms with Gasteiger partial charge in [0.2, 0.25) is 5.91 Å². The Hall–Kier alpha value is -2.15. The van der Waals surface area contributed by atoms with Gasteiger partial charge in [-0.2, -0.15) is 0 Å². The van der Waals surface area contributed by atoms with Gasteiger partial charge in [-0.3, -0.25) is 19.7 Å². The Morgan fingerprint density at radius 3 is 2.62 bits per heavy atom. The zero-order valence-electron chi connectivity index (χ0n) is 11.9. The Balaban J connectivity index is 3.01. The van der Waals surface area contributed by atoms with Gasteiger partial charge in [-0.05, 0) is 12.1 Å². The summed E-state index contributed by atoms with van der Waals surface area (Å²) >= 11 is 5.78. The first-order chi connectivity index (χ1) is 9.79. The number of benzene rings is 1. The van der Waals surface area contributed by atoms with Crippen LogP contribution >= 0.6 is 11.6 Å². The number of rotatable bonds is 5. The number of nitro benzene ring substituents is 1. The molecule has 0 saturated carbocycles. The number of nitrogens with zero attached hydrogens (tertiary/aromatic N) is 2. The molecule has 0 fully saturated rings. The second kappa shape index (κ2) is 7.03. The molecular weight excluding hydrogens is 298 g/mol. The molecule has 0 spiro atoms. The van der Waals surface area contributed by atoms with Crippen LogP contribution in [-0.2, 0) is 4.79 Å². The van der Waals surface area contributed by atoms with Crippen LogP contribution in [0, 0.1) is 16.0 Å². The first-order valence-corrected chi connectivity index (χ1v) is 6.57. The fourth-order valence-electron chi connectivity index (χ4n) is 1.90. The molecule has 2 amide bonds. The third kappa shape index (κ3) is 3.91. The number of halogens is 1. The van der Waals surface area contributed by atoms with Crippen molar-refractivity contribution < 1.29 is 14.5 Å². The van der Waals surface area contributed by atoms with E-state index in [1.165, 1.54) is 37.2 Å². The molecule has 21 heavy (non-hydrogen) atoms. The van der Waals surface area contributed by atoms with Gasteiger partial charge in [0.1, 0.15) is 10.6 Å². The minimum Gasteiger partial charge on any atom is -0.359 e. The number of carbonyl (C=O) groups excluding carboxylic acids is 2. The van der Waals surface area contributed by atoms with Crippen LogP contribution < -0.4 is 5.32 Å². The molecule has 0 heterocycles. The Labute approximate surface area is 127 Å². The number of nitrogens with one attached hydrogen (secondary N) is 1. The van der Waals surface area contributed by atoms with Crippen LogP contribution in [0.2, 0.25) is 5.02 Å². The van der Waals surface area contributed by atoms with Gasteiger partial charge in [-0.1, -0.05) is 24.6 Å². The Kier molecular flexibility index (Phi) is 5.66. The summed E-state index contributed by atoms with van der Waals surface area (Å²) in [4.78, 5) is 35.4. The lowest BCUT2D eigenvalue weighted by Crippen LogP contribution is -2.37. The Morgan fingerprint density at radius 1 is 1.48 bits per heavy atom. The van der Waals surface area contributed by atoms with Crippen LogP contribution in [0.3, 0.4) is 0 Å².